The number of allylic oxidation sites excluding steroid dienone is 1. The molecule has 0 atom stereocenters. The molecule has 1 N–H and O–H groups in total. The Labute approximate surface area is 149 Å². The third kappa shape index (κ3) is 3.66. The van der Waals surface area contributed by atoms with Gasteiger partial charge in [-0.1, -0.05) is 52.3 Å². The van der Waals surface area contributed by atoms with Crippen LogP contribution in [0.4, 0.5) is 5.69 Å². The number of hydrogen-bond acceptors (Lipinski definition) is 2. The highest BCUT2D eigenvalue weighted by molar-refractivity contribution is 9.10. The second-order valence-corrected chi connectivity index (χ2v) is 6.40. The number of halogens is 1. The van der Waals surface area contributed by atoms with Crippen molar-refractivity contribution in [3.63, 3.8) is 0 Å². The molecule has 2 aromatic carbocycles. The Bertz CT molecular complexity index is 877. The molecule has 0 aliphatic carbocycles. The van der Waals surface area contributed by atoms with Gasteiger partial charge in [0.15, 0.2) is 5.76 Å². The van der Waals surface area contributed by atoms with Gasteiger partial charge in [0.2, 0.25) is 0 Å². The van der Waals surface area contributed by atoms with Gasteiger partial charge < -0.3 is 9.73 Å². The van der Waals surface area contributed by atoms with Crippen molar-refractivity contribution in [2.24, 2.45) is 0 Å². The summed E-state index contributed by atoms with van der Waals surface area (Å²) in [6.45, 7) is 5.84. The van der Waals surface area contributed by atoms with Crippen LogP contribution in [0.3, 0.4) is 0 Å². The number of hydrogen-bond donors (Lipinski definition) is 1. The first-order chi connectivity index (χ1) is 11.5. The number of anilines is 1. The average Bonchev–Trinajstić information content (AvgIpc) is 3.06. The van der Waals surface area contributed by atoms with E-state index in [2.05, 4.69) is 27.8 Å². The van der Waals surface area contributed by atoms with Gasteiger partial charge in [0, 0.05) is 15.7 Å². The fourth-order valence-electron chi connectivity index (χ4n) is 2.26. The van der Waals surface area contributed by atoms with Crippen LogP contribution in [0.1, 0.15) is 23.0 Å². The molecule has 3 aromatic rings. The molecular weight excluding hydrogens is 366 g/mol. The van der Waals surface area contributed by atoms with Crippen LogP contribution in [0.15, 0.2) is 76.1 Å². The number of carbonyl (C=O) groups is 1. The zero-order valence-electron chi connectivity index (χ0n) is 13.2. The first kappa shape index (κ1) is 16.3. The van der Waals surface area contributed by atoms with E-state index in [1.165, 1.54) is 0 Å². The predicted octanol–water partition coefficient (Wildman–Crippen LogP) is 5.99. The molecular formula is C20H16BrNO2. The highest BCUT2D eigenvalue weighted by atomic mass is 79.9. The van der Waals surface area contributed by atoms with E-state index in [0.29, 0.717) is 11.4 Å². The van der Waals surface area contributed by atoms with Crippen LogP contribution in [0.5, 0.6) is 0 Å². The molecule has 0 saturated carbocycles. The van der Waals surface area contributed by atoms with Crippen molar-refractivity contribution in [3.8, 4) is 11.3 Å². The van der Waals surface area contributed by atoms with Crippen LogP contribution >= 0.6 is 15.9 Å². The topological polar surface area (TPSA) is 42.2 Å². The highest BCUT2D eigenvalue weighted by Crippen LogP contribution is 2.24. The maximum atomic E-state index is 12.3. The van der Waals surface area contributed by atoms with Crippen molar-refractivity contribution in [2.45, 2.75) is 6.92 Å². The summed E-state index contributed by atoms with van der Waals surface area (Å²) in [5.74, 6) is 0.656. The summed E-state index contributed by atoms with van der Waals surface area (Å²) in [5, 5.41) is 2.83. The minimum absolute atomic E-state index is 0.275. The second kappa shape index (κ2) is 6.89. The molecule has 0 spiro atoms. The van der Waals surface area contributed by atoms with Crippen LogP contribution in [-0.4, -0.2) is 5.91 Å². The van der Waals surface area contributed by atoms with Gasteiger partial charge in [0.25, 0.3) is 5.91 Å². The zero-order chi connectivity index (χ0) is 17.1. The van der Waals surface area contributed by atoms with Crippen molar-refractivity contribution < 1.29 is 9.21 Å². The zero-order valence-corrected chi connectivity index (χ0v) is 14.8. The van der Waals surface area contributed by atoms with Crippen LogP contribution in [0, 0.1) is 0 Å². The fraction of sp³-hybridized carbons (Fsp3) is 0.0500. The lowest BCUT2D eigenvalue weighted by Crippen LogP contribution is -2.10. The molecule has 24 heavy (non-hydrogen) atoms. The Morgan fingerprint density at radius 2 is 1.67 bits per heavy atom. The van der Waals surface area contributed by atoms with Gasteiger partial charge >= 0.3 is 0 Å². The molecule has 0 radical (unpaired) electrons. The SMILES string of the molecule is C=C(C)c1ccc(NC(=O)c2ccc(-c3ccc(Br)cc3)o2)cc1. The number of carbonyl (C=O) groups excluding carboxylic acids is 1. The van der Waals surface area contributed by atoms with E-state index in [9.17, 15) is 4.79 Å². The van der Waals surface area contributed by atoms with Crippen LogP contribution in [0.2, 0.25) is 0 Å². The third-order valence-corrected chi connectivity index (χ3v) is 4.12. The van der Waals surface area contributed by atoms with Crippen LogP contribution in [-0.2, 0) is 0 Å². The van der Waals surface area contributed by atoms with E-state index in [1.54, 1.807) is 12.1 Å². The van der Waals surface area contributed by atoms with Gasteiger partial charge in [-0.25, -0.2) is 0 Å². The second-order valence-electron chi connectivity index (χ2n) is 5.48. The maximum Gasteiger partial charge on any atom is 0.291 e. The Balaban J connectivity index is 1.73. The normalized spacial score (nSPS) is 10.4. The van der Waals surface area contributed by atoms with E-state index in [1.807, 2.05) is 55.5 Å². The molecule has 1 amide bonds. The summed E-state index contributed by atoms with van der Waals surface area (Å²) in [6, 6.07) is 18.7. The Hall–Kier alpha value is -2.59. The summed E-state index contributed by atoms with van der Waals surface area (Å²) in [6.07, 6.45) is 0. The minimum Gasteiger partial charge on any atom is -0.451 e. The molecule has 120 valence electrons. The molecule has 0 aliphatic heterocycles. The number of furan rings is 1. The van der Waals surface area contributed by atoms with Gasteiger partial charge in [-0.05, 0) is 48.9 Å². The first-order valence-corrected chi connectivity index (χ1v) is 8.25. The monoisotopic (exact) mass is 381 g/mol. The van der Waals surface area contributed by atoms with E-state index >= 15 is 0 Å². The van der Waals surface area contributed by atoms with E-state index in [0.717, 1.165) is 21.2 Å². The van der Waals surface area contributed by atoms with Gasteiger partial charge in [-0.3, -0.25) is 4.79 Å². The van der Waals surface area contributed by atoms with Gasteiger partial charge in [0.05, 0.1) is 0 Å². The molecule has 0 unspecified atom stereocenters. The number of nitrogens with one attached hydrogen (secondary N) is 1. The van der Waals surface area contributed by atoms with Crippen molar-refractivity contribution in [3.05, 3.63) is 83.0 Å². The average molecular weight is 382 g/mol. The standard InChI is InChI=1S/C20H16BrNO2/c1-13(2)14-5-9-17(10-6-14)22-20(23)19-12-11-18(24-19)15-3-7-16(21)8-4-15/h3-12H,1H2,2H3,(H,22,23). The molecule has 4 heteroatoms. The van der Waals surface area contributed by atoms with Gasteiger partial charge in [0.1, 0.15) is 5.76 Å². The maximum absolute atomic E-state index is 12.3. The molecule has 0 saturated heterocycles. The van der Waals surface area contributed by atoms with Crippen molar-refractivity contribution in [1.29, 1.82) is 0 Å². The molecule has 3 nitrogen and oxygen atoms in total. The summed E-state index contributed by atoms with van der Waals surface area (Å²) in [7, 11) is 0. The van der Waals surface area contributed by atoms with E-state index < -0.39 is 0 Å². The lowest BCUT2D eigenvalue weighted by molar-refractivity contribution is 0.0997. The van der Waals surface area contributed by atoms with E-state index in [4.69, 9.17) is 4.42 Å². The lowest BCUT2D eigenvalue weighted by atomic mass is 10.1. The fourth-order valence-corrected chi connectivity index (χ4v) is 2.52. The molecule has 0 bridgehead atoms. The summed E-state index contributed by atoms with van der Waals surface area (Å²) >= 11 is 3.40. The quantitative estimate of drug-likeness (QED) is 0.602. The molecule has 1 heterocycles. The molecule has 0 aliphatic rings. The minimum atomic E-state index is -0.276. The number of amides is 1. The largest absolute Gasteiger partial charge is 0.451 e. The number of rotatable bonds is 4. The van der Waals surface area contributed by atoms with Crippen molar-refractivity contribution >= 4 is 33.1 Å². The predicted molar refractivity (Wildman–Crippen MR) is 101 cm³/mol. The Kier molecular flexibility index (Phi) is 4.67. The van der Waals surface area contributed by atoms with Crippen LogP contribution in [0.25, 0.3) is 16.9 Å². The Morgan fingerprint density at radius 3 is 2.29 bits per heavy atom. The van der Waals surface area contributed by atoms with Crippen molar-refractivity contribution in [2.75, 3.05) is 5.32 Å². The lowest BCUT2D eigenvalue weighted by Gasteiger charge is -2.05. The molecule has 0 fully saturated rings. The summed E-state index contributed by atoms with van der Waals surface area (Å²) < 4.78 is 6.66. The summed E-state index contributed by atoms with van der Waals surface area (Å²) in [5.41, 5.74) is 3.66. The van der Waals surface area contributed by atoms with Gasteiger partial charge in [-0.15, -0.1) is 0 Å². The van der Waals surface area contributed by atoms with Crippen LogP contribution < -0.4 is 5.32 Å². The van der Waals surface area contributed by atoms with Crippen molar-refractivity contribution in [1.82, 2.24) is 0 Å². The molecule has 1 aromatic heterocycles. The van der Waals surface area contributed by atoms with E-state index in [-0.39, 0.29) is 11.7 Å². The third-order valence-electron chi connectivity index (χ3n) is 3.59. The first-order valence-electron chi connectivity index (χ1n) is 7.46. The smallest absolute Gasteiger partial charge is 0.291 e. The van der Waals surface area contributed by atoms with Gasteiger partial charge in [-0.2, -0.15) is 0 Å². The Morgan fingerprint density at radius 1 is 1.00 bits per heavy atom. The molecule has 3 rings (SSSR count). The number of benzene rings is 2. The summed E-state index contributed by atoms with van der Waals surface area (Å²) in [4.78, 5) is 12.3. The highest BCUT2D eigenvalue weighted by Gasteiger charge is 2.12.